The third kappa shape index (κ3) is 2.77. The predicted octanol–water partition coefficient (Wildman–Crippen LogP) is -0.346. The summed E-state index contributed by atoms with van der Waals surface area (Å²) in [5, 5.41) is 8.67. The molecule has 0 bridgehead atoms. The SMILES string of the molecule is N#CC1CCCN1C(=O)COS(=O)O. The first-order valence-electron chi connectivity index (χ1n) is 4.08. The molecule has 14 heavy (non-hydrogen) atoms. The molecule has 1 rings (SSSR count). The molecule has 7 heteroatoms. The molecule has 1 N–H and O–H groups in total. The van der Waals surface area contributed by atoms with E-state index in [1.807, 2.05) is 6.07 Å². The summed E-state index contributed by atoms with van der Waals surface area (Å²) >= 11 is -2.43. The average molecular weight is 218 g/mol. The minimum atomic E-state index is -2.43. The molecule has 0 radical (unpaired) electrons. The summed E-state index contributed by atoms with van der Waals surface area (Å²) in [5.41, 5.74) is 0. The van der Waals surface area contributed by atoms with Gasteiger partial charge in [0.15, 0.2) is 0 Å². The Kier molecular flexibility index (Phi) is 4.00. The quantitative estimate of drug-likeness (QED) is 0.654. The van der Waals surface area contributed by atoms with Gasteiger partial charge in [0.1, 0.15) is 12.6 Å². The molecule has 1 amide bonds. The van der Waals surface area contributed by atoms with Crippen LogP contribution in [0, 0.1) is 11.3 Å². The van der Waals surface area contributed by atoms with Crippen LogP contribution in [0.4, 0.5) is 0 Å². The molecule has 0 aliphatic carbocycles. The fourth-order valence-electron chi connectivity index (χ4n) is 1.38. The van der Waals surface area contributed by atoms with Gasteiger partial charge in [-0.25, -0.2) is 0 Å². The smallest absolute Gasteiger partial charge is 0.302 e. The number of nitriles is 1. The lowest BCUT2D eigenvalue weighted by Gasteiger charge is -2.18. The molecule has 6 nitrogen and oxygen atoms in total. The molecule has 1 fully saturated rings. The number of carbonyl (C=O) groups excluding carboxylic acids is 1. The summed E-state index contributed by atoms with van der Waals surface area (Å²) in [4.78, 5) is 12.7. The standard InChI is InChI=1S/C7H10N2O4S/c8-4-6-2-1-3-9(6)7(10)5-13-14(11)12/h6H,1-3,5H2,(H,11,12). The first-order chi connectivity index (χ1) is 6.65. The molecular formula is C7H10N2O4S. The zero-order valence-corrected chi connectivity index (χ0v) is 8.20. The first-order valence-corrected chi connectivity index (χ1v) is 5.11. The second-order valence-electron chi connectivity index (χ2n) is 2.85. The Morgan fingerprint density at radius 3 is 3.07 bits per heavy atom. The lowest BCUT2D eigenvalue weighted by atomic mass is 10.2. The Bertz CT molecular complexity index is 288. The van der Waals surface area contributed by atoms with E-state index in [2.05, 4.69) is 4.18 Å². The Labute approximate surface area is 83.9 Å². The molecule has 2 atom stereocenters. The summed E-state index contributed by atoms with van der Waals surface area (Å²) in [6.07, 6.45) is 1.44. The van der Waals surface area contributed by atoms with Gasteiger partial charge in [0.05, 0.1) is 6.07 Å². The number of likely N-dealkylation sites (tertiary alicyclic amines) is 1. The summed E-state index contributed by atoms with van der Waals surface area (Å²) in [7, 11) is 0. The van der Waals surface area contributed by atoms with E-state index in [4.69, 9.17) is 9.81 Å². The van der Waals surface area contributed by atoms with E-state index < -0.39 is 29.9 Å². The molecule has 0 saturated carbocycles. The molecule has 0 aromatic heterocycles. The van der Waals surface area contributed by atoms with Gasteiger partial charge in [-0.2, -0.15) is 9.47 Å². The monoisotopic (exact) mass is 218 g/mol. The number of amides is 1. The van der Waals surface area contributed by atoms with Gasteiger partial charge in [0, 0.05) is 6.54 Å². The first kappa shape index (κ1) is 11.1. The van der Waals surface area contributed by atoms with E-state index in [1.165, 1.54) is 4.90 Å². The number of carbonyl (C=O) groups is 1. The normalized spacial score (nSPS) is 23.1. The number of hydrogen-bond donors (Lipinski definition) is 1. The van der Waals surface area contributed by atoms with Gasteiger partial charge in [-0.15, -0.1) is 0 Å². The van der Waals surface area contributed by atoms with Crippen molar-refractivity contribution in [2.24, 2.45) is 0 Å². The topological polar surface area (TPSA) is 90.6 Å². The van der Waals surface area contributed by atoms with Crippen molar-refractivity contribution in [1.29, 1.82) is 5.26 Å². The molecule has 1 aliphatic rings. The van der Waals surface area contributed by atoms with Crippen molar-refractivity contribution in [3.05, 3.63) is 0 Å². The molecule has 0 aromatic carbocycles. The molecule has 1 saturated heterocycles. The second kappa shape index (κ2) is 5.05. The lowest BCUT2D eigenvalue weighted by molar-refractivity contribution is -0.133. The van der Waals surface area contributed by atoms with Crippen molar-refractivity contribution in [2.75, 3.05) is 13.2 Å². The van der Waals surface area contributed by atoms with Gasteiger partial charge < -0.3 is 4.90 Å². The Balaban J connectivity index is 2.44. The van der Waals surface area contributed by atoms with Crippen molar-refractivity contribution in [1.82, 2.24) is 4.90 Å². The van der Waals surface area contributed by atoms with Crippen LogP contribution in [0.3, 0.4) is 0 Å². The molecular weight excluding hydrogens is 208 g/mol. The molecule has 0 spiro atoms. The van der Waals surface area contributed by atoms with Crippen LogP contribution < -0.4 is 0 Å². The van der Waals surface area contributed by atoms with Gasteiger partial charge in [-0.3, -0.25) is 13.5 Å². The highest BCUT2D eigenvalue weighted by atomic mass is 32.2. The highest BCUT2D eigenvalue weighted by Gasteiger charge is 2.28. The van der Waals surface area contributed by atoms with Crippen LogP contribution >= 0.6 is 0 Å². The van der Waals surface area contributed by atoms with Crippen molar-refractivity contribution in [2.45, 2.75) is 18.9 Å². The predicted molar refractivity (Wildman–Crippen MR) is 47.1 cm³/mol. The van der Waals surface area contributed by atoms with E-state index in [9.17, 15) is 9.00 Å². The second-order valence-corrected chi connectivity index (χ2v) is 3.52. The minimum Gasteiger partial charge on any atom is -0.325 e. The average Bonchev–Trinajstić information content (AvgIpc) is 2.61. The van der Waals surface area contributed by atoms with Crippen LogP contribution in [0.15, 0.2) is 0 Å². The van der Waals surface area contributed by atoms with Crippen LogP contribution in [0.1, 0.15) is 12.8 Å². The van der Waals surface area contributed by atoms with Gasteiger partial charge in [-0.05, 0) is 12.8 Å². The van der Waals surface area contributed by atoms with Crippen molar-refractivity contribution >= 4 is 17.3 Å². The van der Waals surface area contributed by atoms with E-state index in [0.717, 1.165) is 6.42 Å². The van der Waals surface area contributed by atoms with E-state index >= 15 is 0 Å². The van der Waals surface area contributed by atoms with Crippen LogP contribution in [-0.2, 0) is 20.3 Å². The fourth-order valence-corrected chi connectivity index (χ4v) is 1.58. The summed E-state index contributed by atoms with van der Waals surface area (Å²) in [6.45, 7) is 0.0553. The minimum absolute atomic E-state index is 0.418. The molecule has 2 unspecified atom stereocenters. The zero-order chi connectivity index (χ0) is 10.6. The van der Waals surface area contributed by atoms with Crippen molar-refractivity contribution in [3.63, 3.8) is 0 Å². The number of hydrogen-bond acceptors (Lipinski definition) is 4. The van der Waals surface area contributed by atoms with Crippen molar-refractivity contribution < 1.29 is 17.7 Å². The molecule has 1 heterocycles. The Hall–Kier alpha value is -0.970. The number of nitrogens with zero attached hydrogens (tertiary/aromatic N) is 2. The zero-order valence-electron chi connectivity index (χ0n) is 7.38. The largest absolute Gasteiger partial charge is 0.325 e. The highest BCUT2D eigenvalue weighted by Crippen LogP contribution is 2.16. The van der Waals surface area contributed by atoms with Gasteiger partial charge in [-0.1, -0.05) is 0 Å². The van der Waals surface area contributed by atoms with E-state index in [0.29, 0.717) is 13.0 Å². The van der Waals surface area contributed by atoms with Gasteiger partial charge in [0.2, 0.25) is 0 Å². The maximum absolute atomic E-state index is 11.3. The summed E-state index contributed by atoms with van der Waals surface area (Å²) in [6, 6.07) is 1.58. The van der Waals surface area contributed by atoms with Crippen LogP contribution in [0.2, 0.25) is 0 Å². The maximum atomic E-state index is 11.3. The van der Waals surface area contributed by atoms with Gasteiger partial charge >= 0.3 is 11.4 Å². The van der Waals surface area contributed by atoms with E-state index in [-0.39, 0.29) is 0 Å². The van der Waals surface area contributed by atoms with E-state index in [1.54, 1.807) is 0 Å². The maximum Gasteiger partial charge on any atom is 0.302 e. The third-order valence-corrected chi connectivity index (χ3v) is 2.32. The molecule has 1 aliphatic heterocycles. The Morgan fingerprint density at radius 1 is 1.79 bits per heavy atom. The molecule has 78 valence electrons. The third-order valence-electron chi connectivity index (χ3n) is 2.01. The fraction of sp³-hybridized carbons (Fsp3) is 0.714. The molecule has 0 aromatic rings. The summed E-state index contributed by atoms with van der Waals surface area (Å²) < 4.78 is 22.6. The Morgan fingerprint density at radius 2 is 2.50 bits per heavy atom. The lowest BCUT2D eigenvalue weighted by Crippen LogP contribution is -2.37. The summed E-state index contributed by atoms with van der Waals surface area (Å²) in [5.74, 6) is -0.420. The van der Waals surface area contributed by atoms with Crippen LogP contribution in [-0.4, -0.2) is 38.8 Å². The van der Waals surface area contributed by atoms with Crippen LogP contribution in [0.5, 0.6) is 0 Å². The highest BCUT2D eigenvalue weighted by molar-refractivity contribution is 7.74. The van der Waals surface area contributed by atoms with Crippen LogP contribution in [0.25, 0.3) is 0 Å². The van der Waals surface area contributed by atoms with Crippen molar-refractivity contribution in [3.8, 4) is 6.07 Å². The number of rotatable bonds is 3. The van der Waals surface area contributed by atoms with Gasteiger partial charge in [0.25, 0.3) is 5.91 Å².